The Labute approximate surface area is 196 Å². The summed E-state index contributed by atoms with van der Waals surface area (Å²) in [7, 11) is 0. The number of halogens is 3. The van der Waals surface area contributed by atoms with Crippen LogP contribution in [0.2, 0.25) is 0 Å². The van der Waals surface area contributed by atoms with Gasteiger partial charge in [0.05, 0.1) is 16.6 Å². The fourth-order valence-corrected chi connectivity index (χ4v) is 3.27. The molecule has 0 aliphatic rings. The van der Waals surface area contributed by atoms with Gasteiger partial charge in [0.1, 0.15) is 5.82 Å². The predicted octanol–water partition coefficient (Wildman–Crippen LogP) is 3.60. The van der Waals surface area contributed by atoms with E-state index < -0.39 is 23.7 Å². The van der Waals surface area contributed by atoms with Crippen molar-refractivity contribution >= 4 is 34.2 Å². The molecular weight excluding hydrogens is 469 g/mol. The second kappa shape index (κ2) is 10.8. The number of thiazole rings is 1. The number of nitrogens with zero attached hydrogens (tertiary/aromatic N) is 2. The van der Waals surface area contributed by atoms with E-state index in [9.17, 15) is 22.8 Å². The molecule has 3 aromatic rings. The fraction of sp³-hybridized carbons (Fsp3) is 0.182. The van der Waals surface area contributed by atoms with Gasteiger partial charge in [-0.2, -0.15) is 13.2 Å². The lowest BCUT2D eigenvalue weighted by Gasteiger charge is -2.09. The molecule has 2 aromatic heterocycles. The van der Waals surface area contributed by atoms with Crippen LogP contribution in [0.25, 0.3) is 0 Å². The third kappa shape index (κ3) is 6.77. The Bertz CT molecular complexity index is 1260. The SMILES string of the molecule is Cc1ccc(C(=O)Nc2cc(C(F)(F)F)ccn2)cc1C#Cc1cnc(NC(=O)NCCN)s1. The van der Waals surface area contributed by atoms with Crippen molar-refractivity contribution in [1.82, 2.24) is 15.3 Å². The molecule has 0 aliphatic carbocycles. The van der Waals surface area contributed by atoms with Crippen LogP contribution in [-0.2, 0) is 6.18 Å². The number of carbonyl (C=O) groups is 2. The summed E-state index contributed by atoms with van der Waals surface area (Å²) in [4.78, 5) is 32.6. The number of aryl methyl sites for hydroxylation is 1. The average Bonchev–Trinajstić information content (AvgIpc) is 3.23. The van der Waals surface area contributed by atoms with Gasteiger partial charge in [0.25, 0.3) is 5.91 Å². The lowest BCUT2D eigenvalue weighted by molar-refractivity contribution is -0.137. The van der Waals surface area contributed by atoms with Crippen molar-refractivity contribution in [3.05, 3.63) is 69.9 Å². The minimum atomic E-state index is -4.55. The van der Waals surface area contributed by atoms with Crippen LogP contribution >= 0.6 is 11.3 Å². The Hall–Kier alpha value is -3.95. The highest BCUT2D eigenvalue weighted by Gasteiger charge is 2.30. The van der Waals surface area contributed by atoms with Crippen molar-refractivity contribution in [1.29, 1.82) is 0 Å². The molecule has 0 bridgehead atoms. The zero-order valence-corrected chi connectivity index (χ0v) is 18.6. The molecule has 0 aliphatic heterocycles. The van der Waals surface area contributed by atoms with Gasteiger partial charge in [0.2, 0.25) is 0 Å². The minimum absolute atomic E-state index is 0.206. The summed E-state index contributed by atoms with van der Waals surface area (Å²) >= 11 is 1.17. The van der Waals surface area contributed by atoms with Gasteiger partial charge < -0.3 is 16.4 Å². The Balaban J connectivity index is 1.72. The number of pyridine rings is 1. The molecule has 0 atom stereocenters. The first-order valence-electron chi connectivity index (χ1n) is 9.83. The summed E-state index contributed by atoms with van der Waals surface area (Å²) in [5, 5.41) is 7.85. The van der Waals surface area contributed by atoms with Crippen molar-refractivity contribution in [2.24, 2.45) is 5.73 Å². The van der Waals surface area contributed by atoms with Crippen LogP contribution in [0.5, 0.6) is 0 Å². The third-order valence-corrected chi connectivity index (χ3v) is 5.13. The first-order chi connectivity index (χ1) is 16.2. The van der Waals surface area contributed by atoms with Crippen LogP contribution in [0.4, 0.5) is 28.9 Å². The molecule has 2 heterocycles. The standard InChI is InChI=1S/C22H19F3N6O2S/c1-13-2-3-15(19(32)30-18-11-16(6-8-27-18)22(23,24)25)10-14(13)4-5-17-12-29-21(34-17)31-20(33)28-9-7-26/h2-3,6,8,10-12H,7,9,26H2,1H3,(H,27,30,32)(H2,28,29,31,33). The number of rotatable bonds is 5. The summed E-state index contributed by atoms with van der Waals surface area (Å²) in [6, 6.07) is 5.91. The van der Waals surface area contributed by atoms with Gasteiger partial charge in [-0.3, -0.25) is 10.1 Å². The van der Waals surface area contributed by atoms with Crippen LogP contribution < -0.4 is 21.7 Å². The number of alkyl halides is 3. The molecule has 0 saturated heterocycles. The Morgan fingerprint density at radius 2 is 1.91 bits per heavy atom. The van der Waals surface area contributed by atoms with Crippen molar-refractivity contribution in [2.45, 2.75) is 13.1 Å². The van der Waals surface area contributed by atoms with Crippen molar-refractivity contribution in [2.75, 3.05) is 23.7 Å². The van der Waals surface area contributed by atoms with Gasteiger partial charge >= 0.3 is 12.2 Å². The predicted molar refractivity (Wildman–Crippen MR) is 123 cm³/mol. The lowest BCUT2D eigenvalue weighted by atomic mass is 10.0. The van der Waals surface area contributed by atoms with E-state index in [2.05, 4.69) is 37.8 Å². The summed E-state index contributed by atoms with van der Waals surface area (Å²) < 4.78 is 38.6. The van der Waals surface area contributed by atoms with Crippen LogP contribution in [0, 0.1) is 18.8 Å². The molecule has 0 spiro atoms. The van der Waals surface area contributed by atoms with Crippen LogP contribution in [0.1, 0.15) is 31.9 Å². The van der Waals surface area contributed by atoms with E-state index in [0.29, 0.717) is 28.7 Å². The molecular formula is C22H19F3N6O2S. The van der Waals surface area contributed by atoms with Gasteiger partial charge in [-0.05, 0) is 42.7 Å². The number of hydrogen-bond acceptors (Lipinski definition) is 6. The van der Waals surface area contributed by atoms with E-state index in [4.69, 9.17) is 5.73 Å². The van der Waals surface area contributed by atoms with Gasteiger partial charge in [-0.25, -0.2) is 14.8 Å². The number of anilines is 2. The maximum absolute atomic E-state index is 12.9. The molecule has 5 N–H and O–H groups in total. The largest absolute Gasteiger partial charge is 0.416 e. The molecule has 0 unspecified atom stereocenters. The Morgan fingerprint density at radius 3 is 2.65 bits per heavy atom. The number of aromatic nitrogens is 2. The van der Waals surface area contributed by atoms with Gasteiger partial charge in [-0.1, -0.05) is 23.3 Å². The quantitative estimate of drug-likeness (QED) is 0.409. The summed E-state index contributed by atoms with van der Waals surface area (Å²) in [6.45, 7) is 2.45. The van der Waals surface area contributed by atoms with E-state index in [0.717, 1.165) is 23.9 Å². The monoisotopic (exact) mass is 488 g/mol. The number of benzene rings is 1. The van der Waals surface area contributed by atoms with Crippen LogP contribution in [-0.4, -0.2) is 35.0 Å². The number of hydrogen-bond donors (Lipinski definition) is 4. The van der Waals surface area contributed by atoms with Crippen molar-refractivity contribution in [3.8, 4) is 11.8 Å². The summed E-state index contributed by atoms with van der Waals surface area (Å²) in [6.07, 6.45) is -2.07. The van der Waals surface area contributed by atoms with Gasteiger partial charge in [0, 0.05) is 30.4 Å². The molecule has 0 radical (unpaired) electrons. The second-order valence-corrected chi connectivity index (χ2v) is 7.89. The maximum Gasteiger partial charge on any atom is 0.416 e. The van der Waals surface area contributed by atoms with E-state index in [1.165, 1.54) is 29.7 Å². The first-order valence-corrected chi connectivity index (χ1v) is 10.7. The summed E-state index contributed by atoms with van der Waals surface area (Å²) in [5.41, 5.74) is 5.97. The van der Waals surface area contributed by atoms with Gasteiger partial charge in [-0.15, -0.1) is 0 Å². The number of nitrogens with one attached hydrogen (secondary N) is 3. The third-order valence-electron chi connectivity index (χ3n) is 4.31. The zero-order valence-electron chi connectivity index (χ0n) is 17.8. The second-order valence-electron chi connectivity index (χ2n) is 6.86. The van der Waals surface area contributed by atoms with E-state index in [-0.39, 0.29) is 11.4 Å². The molecule has 8 nitrogen and oxygen atoms in total. The smallest absolute Gasteiger partial charge is 0.337 e. The first kappa shape index (κ1) is 24.7. The number of carbonyl (C=O) groups excluding carboxylic acids is 2. The average molecular weight is 488 g/mol. The van der Waals surface area contributed by atoms with E-state index >= 15 is 0 Å². The van der Waals surface area contributed by atoms with E-state index in [1.54, 1.807) is 6.07 Å². The fourth-order valence-electron chi connectivity index (χ4n) is 2.61. The van der Waals surface area contributed by atoms with E-state index in [1.807, 2.05) is 6.92 Å². The molecule has 1 aromatic carbocycles. The highest BCUT2D eigenvalue weighted by Crippen LogP contribution is 2.30. The minimum Gasteiger partial charge on any atom is -0.337 e. The number of amides is 3. The molecule has 0 saturated carbocycles. The number of urea groups is 1. The normalized spacial score (nSPS) is 10.7. The molecule has 12 heteroatoms. The van der Waals surface area contributed by atoms with Crippen LogP contribution in [0.15, 0.2) is 42.7 Å². The highest BCUT2D eigenvalue weighted by atomic mass is 32.1. The number of nitrogens with two attached hydrogens (primary N) is 1. The molecule has 34 heavy (non-hydrogen) atoms. The Kier molecular flexibility index (Phi) is 7.83. The van der Waals surface area contributed by atoms with Crippen molar-refractivity contribution < 1.29 is 22.8 Å². The Morgan fingerprint density at radius 1 is 1.12 bits per heavy atom. The molecule has 176 valence electrons. The topological polar surface area (TPSA) is 122 Å². The lowest BCUT2D eigenvalue weighted by Crippen LogP contribution is -2.32. The van der Waals surface area contributed by atoms with Gasteiger partial charge in [0.15, 0.2) is 5.13 Å². The van der Waals surface area contributed by atoms with Crippen molar-refractivity contribution in [3.63, 3.8) is 0 Å². The molecule has 0 fully saturated rings. The highest BCUT2D eigenvalue weighted by molar-refractivity contribution is 7.16. The molecule has 3 rings (SSSR count). The summed E-state index contributed by atoms with van der Waals surface area (Å²) in [5.74, 6) is 5.04. The molecule has 3 amide bonds. The van der Waals surface area contributed by atoms with Crippen LogP contribution in [0.3, 0.4) is 0 Å². The zero-order chi connectivity index (χ0) is 24.7. The maximum atomic E-state index is 12.9.